The third-order valence-electron chi connectivity index (χ3n) is 1.39. The Labute approximate surface area is 59.8 Å². The second kappa shape index (κ2) is 10.9. The molecule has 0 aliphatic rings. The lowest BCUT2D eigenvalue weighted by Crippen LogP contribution is -2.22. The lowest BCUT2D eigenvalue weighted by molar-refractivity contribution is 0.531. The minimum Gasteiger partial charge on any atom is -0.317 e. The summed E-state index contributed by atoms with van der Waals surface area (Å²) in [6.45, 7) is 8.40. The van der Waals surface area contributed by atoms with Gasteiger partial charge in [-0.1, -0.05) is 27.7 Å². The highest BCUT2D eigenvalue weighted by Crippen LogP contribution is 1.92. The molecule has 1 heteroatoms. The zero-order valence-corrected chi connectivity index (χ0v) is 7.49. The molecule has 0 rings (SSSR count). The van der Waals surface area contributed by atoms with Gasteiger partial charge in [0.15, 0.2) is 0 Å². The molecule has 1 N–H and O–H groups in total. The average molecular weight is 131 g/mol. The molecule has 0 radical (unpaired) electrons. The van der Waals surface area contributed by atoms with E-state index >= 15 is 0 Å². The van der Waals surface area contributed by atoms with E-state index in [-0.39, 0.29) is 0 Å². The fourth-order valence-electron chi connectivity index (χ4n) is 0.697. The van der Waals surface area contributed by atoms with E-state index in [2.05, 4.69) is 19.2 Å². The minimum absolute atomic E-state index is 0.736. The summed E-state index contributed by atoms with van der Waals surface area (Å²) >= 11 is 0. The molecule has 0 bridgehead atoms. The average Bonchev–Trinajstić information content (AvgIpc) is 1.96. The van der Waals surface area contributed by atoms with Crippen molar-refractivity contribution in [3.05, 3.63) is 0 Å². The van der Waals surface area contributed by atoms with Crippen molar-refractivity contribution < 1.29 is 0 Å². The Morgan fingerprint density at radius 2 is 1.44 bits per heavy atom. The zero-order chi connectivity index (χ0) is 7.70. The maximum atomic E-state index is 3.20. The standard InChI is InChI=1S/C6H15N.C2H6/c1-4-6(5-2)7-3;1-2/h6-7H,4-5H2,1-3H3;1-2H3. The van der Waals surface area contributed by atoms with E-state index in [1.54, 1.807) is 0 Å². The van der Waals surface area contributed by atoms with Crippen LogP contribution in [0.4, 0.5) is 0 Å². The number of hydrogen-bond acceptors (Lipinski definition) is 1. The Hall–Kier alpha value is -0.0400. The molecule has 58 valence electrons. The van der Waals surface area contributed by atoms with E-state index in [1.807, 2.05) is 20.9 Å². The molecule has 0 aliphatic heterocycles. The van der Waals surface area contributed by atoms with Gasteiger partial charge >= 0.3 is 0 Å². The predicted molar refractivity (Wildman–Crippen MR) is 44.8 cm³/mol. The van der Waals surface area contributed by atoms with Gasteiger partial charge in [-0.25, -0.2) is 0 Å². The Kier molecular flexibility index (Phi) is 14.1. The first-order chi connectivity index (χ1) is 4.35. The molecule has 0 heterocycles. The van der Waals surface area contributed by atoms with Crippen molar-refractivity contribution in [2.75, 3.05) is 7.05 Å². The second-order valence-electron chi connectivity index (χ2n) is 1.80. The molecule has 0 aromatic heterocycles. The van der Waals surface area contributed by atoms with Crippen LogP contribution in [-0.2, 0) is 0 Å². The van der Waals surface area contributed by atoms with Crippen molar-refractivity contribution in [2.45, 2.75) is 46.6 Å². The van der Waals surface area contributed by atoms with Crippen molar-refractivity contribution >= 4 is 0 Å². The zero-order valence-electron chi connectivity index (χ0n) is 7.49. The molecule has 0 saturated heterocycles. The third-order valence-corrected chi connectivity index (χ3v) is 1.39. The molecule has 0 amide bonds. The van der Waals surface area contributed by atoms with Gasteiger partial charge in [-0.2, -0.15) is 0 Å². The molecule has 0 saturated carbocycles. The quantitative estimate of drug-likeness (QED) is 0.620. The van der Waals surface area contributed by atoms with E-state index in [0.29, 0.717) is 0 Å². The SMILES string of the molecule is CC.CCC(CC)NC. The van der Waals surface area contributed by atoms with Crippen molar-refractivity contribution in [2.24, 2.45) is 0 Å². The van der Waals surface area contributed by atoms with Crippen LogP contribution in [0.25, 0.3) is 0 Å². The van der Waals surface area contributed by atoms with Gasteiger partial charge in [0, 0.05) is 6.04 Å². The Morgan fingerprint density at radius 1 is 1.11 bits per heavy atom. The maximum Gasteiger partial charge on any atom is 0.00588 e. The van der Waals surface area contributed by atoms with Crippen LogP contribution in [-0.4, -0.2) is 13.1 Å². The molecule has 0 aromatic rings. The lowest BCUT2D eigenvalue weighted by Gasteiger charge is -2.08. The second-order valence-corrected chi connectivity index (χ2v) is 1.80. The van der Waals surface area contributed by atoms with Crippen molar-refractivity contribution in [1.29, 1.82) is 0 Å². The summed E-state index contributed by atoms with van der Waals surface area (Å²) < 4.78 is 0. The summed E-state index contributed by atoms with van der Waals surface area (Å²) in [6.07, 6.45) is 2.49. The maximum absolute atomic E-state index is 3.20. The number of nitrogens with one attached hydrogen (secondary N) is 1. The van der Waals surface area contributed by atoms with Gasteiger partial charge in [-0.3, -0.25) is 0 Å². The molecule has 0 fully saturated rings. The molecule has 0 aliphatic carbocycles. The highest BCUT2D eigenvalue weighted by Gasteiger charge is 1.94. The van der Waals surface area contributed by atoms with Crippen LogP contribution in [0.5, 0.6) is 0 Å². The fraction of sp³-hybridized carbons (Fsp3) is 1.00. The Morgan fingerprint density at radius 3 is 1.44 bits per heavy atom. The monoisotopic (exact) mass is 131 g/mol. The van der Waals surface area contributed by atoms with Gasteiger partial charge in [-0.05, 0) is 19.9 Å². The molecule has 1 nitrogen and oxygen atoms in total. The van der Waals surface area contributed by atoms with Crippen LogP contribution in [0.15, 0.2) is 0 Å². The van der Waals surface area contributed by atoms with Crippen LogP contribution < -0.4 is 5.32 Å². The van der Waals surface area contributed by atoms with Crippen LogP contribution in [0.3, 0.4) is 0 Å². The van der Waals surface area contributed by atoms with Crippen LogP contribution in [0.2, 0.25) is 0 Å². The largest absolute Gasteiger partial charge is 0.317 e. The first-order valence-electron chi connectivity index (χ1n) is 4.02. The number of rotatable bonds is 3. The van der Waals surface area contributed by atoms with Gasteiger partial charge in [0.25, 0.3) is 0 Å². The summed E-state index contributed by atoms with van der Waals surface area (Å²) in [7, 11) is 2.01. The molecule has 0 aromatic carbocycles. The smallest absolute Gasteiger partial charge is 0.00588 e. The molecule has 0 atom stereocenters. The van der Waals surface area contributed by atoms with E-state index in [9.17, 15) is 0 Å². The first-order valence-corrected chi connectivity index (χ1v) is 4.02. The van der Waals surface area contributed by atoms with Crippen molar-refractivity contribution in [3.63, 3.8) is 0 Å². The van der Waals surface area contributed by atoms with Gasteiger partial charge in [-0.15, -0.1) is 0 Å². The Bertz CT molecular complexity index is 26.0. The molecular weight excluding hydrogens is 110 g/mol. The summed E-state index contributed by atoms with van der Waals surface area (Å²) in [6, 6.07) is 0.736. The fourth-order valence-corrected chi connectivity index (χ4v) is 0.697. The predicted octanol–water partition coefficient (Wildman–Crippen LogP) is 2.42. The minimum atomic E-state index is 0.736. The van der Waals surface area contributed by atoms with E-state index in [1.165, 1.54) is 12.8 Å². The van der Waals surface area contributed by atoms with E-state index in [4.69, 9.17) is 0 Å². The Balaban J connectivity index is 0. The van der Waals surface area contributed by atoms with E-state index in [0.717, 1.165) is 6.04 Å². The van der Waals surface area contributed by atoms with Crippen LogP contribution in [0, 0.1) is 0 Å². The van der Waals surface area contributed by atoms with Gasteiger partial charge in [0.05, 0.1) is 0 Å². The highest BCUT2D eigenvalue weighted by atomic mass is 14.9. The normalized spacial score (nSPS) is 8.67. The van der Waals surface area contributed by atoms with Crippen molar-refractivity contribution in [1.82, 2.24) is 5.32 Å². The molecule has 0 spiro atoms. The van der Waals surface area contributed by atoms with Crippen molar-refractivity contribution in [3.8, 4) is 0 Å². The highest BCUT2D eigenvalue weighted by molar-refractivity contribution is 4.56. The topological polar surface area (TPSA) is 12.0 Å². The molecular formula is C8H21N. The number of hydrogen-bond donors (Lipinski definition) is 1. The third kappa shape index (κ3) is 7.96. The summed E-state index contributed by atoms with van der Waals surface area (Å²) in [5, 5.41) is 3.20. The first kappa shape index (κ1) is 11.7. The molecule has 0 unspecified atom stereocenters. The van der Waals surface area contributed by atoms with Gasteiger partial charge in [0.2, 0.25) is 0 Å². The van der Waals surface area contributed by atoms with Crippen LogP contribution in [0.1, 0.15) is 40.5 Å². The summed E-state index contributed by atoms with van der Waals surface area (Å²) in [5.74, 6) is 0. The molecule has 9 heavy (non-hydrogen) atoms. The van der Waals surface area contributed by atoms with Crippen LogP contribution >= 0.6 is 0 Å². The summed E-state index contributed by atoms with van der Waals surface area (Å²) in [5.41, 5.74) is 0. The van der Waals surface area contributed by atoms with Gasteiger partial charge < -0.3 is 5.32 Å². The van der Waals surface area contributed by atoms with Gasteiger partial charge in [0.1, 0.15) is 0 Å². The van der Waals surface area contributed by atoms with E-state index < -0.39 is 0 Å². The lowest BCUT2D eigenvalue weighted by atomic mass is 10.2. The summed E-state index contributed by atoms with van der Waals surface area (Å²) in [4.78, 5) is 0.